The van der Waals surface area contributed by atoms with Crippen molar-refractivity contribution in [2.75, 3.05) is 14.1 Å². The van der Waals surface area contributed by atoms with Crippen LogP contribution >= 0.6 is 0 Å². The van der Waals surface area contributed by atoms with Gasteiger partial charge in [-0.15, -0.1) is 0 Å². The standard InChI is InChI=1S/C8H18N2O/c1-6(8(2,3)9)7(11)10(4)5/h6H,9H2,1-5H3/t6-/m1/s1. The van der Waals surface area contributed by atoms with Crippen molar-refractivity contribution in [1.29, 1.82) is 0 Å². The second kappa shape index (κ2) is 3.22. The fraction of sp³-hybridized carbons (Fsp3) is 0.875. The van der Waals surface area contributed by atoms with Crippen LogP contribution in [0.4, 0.5) is 0 Å². The van der Waals surface area contributed by atoms with Crippen LogP contribution in [0.15, 0.2) is 0 Å². The van der Waals surface area contributed by atoms with Gasteiger partial charge >= 0.3 is 0 Å². The lowest BCUT2D eigenvalue weighted by Gasteiger charge is -2.28. The number of nitrogens with zero attached hydrogens (tertiary/aromatic N) is 1. The zero-order valence-corrected chi connectivity index (χ0v) is 8.01. The van der Waals surface area contributed by atoms with E-state index in [1.165, 1.54) is 0 Å². The Morgan fingerprint density at radius 2 is 1.82 bits per heavy atom. The van der Waals surface area contributed by atoms with E-state index in [0.29, 0.717) is 0 Å². The summed E-state index contributed by atoms with van der Waals surface area (Å²) in [5.41, 5.74) is 5.34. The third kappa shape index (κ3) is 2.89. The highest BCUT2D eigenvalue weighted by atomic mass is 16.2. The molecule has 0 aliphatic rings. The summed E-state index contributed by atoms with van der Waals surface area (Å²) in [5.74, 6) is -0.0463. The summed E-state index contributed by atoms with van der Waals surface area (Å²) in [7, 11) is 3.48. The Bertz CT molecular complexity index is 147. The van der Waals surface area contributed by atoms with Crippen LogP contribution in [0.3, 0.4) is 0 Å². The molecule has 0 spiro atoms. The molecular weight excluding hydrogens is 140 g/mol. The van der Waals surface area contributed by atoms with Crippen LogP contribution in [0, 0.1) is 5.92 Å². The van der Waals surface area contributed by atoms with Gasteiger partial charge in [0.1, 0.15) is 0 Å². The van der Waals surface area contributed by atoms with E-state index in [1.54, 1.807) is 19.0 Å². The predicted molar refractivity (Wildman–Crippen MR) is 46.1 cm³/mol. The van der Waals surface area contributed by atoms with Gasteiger partial charge in [-0.2, -0.15) is 0 Å². The van der Waals surface area contributed by atoms with Crippen LogP contribution in [0.1, 0.15) is 20.8 Å². The van der Waals surface area contributed by atoms with Gasteiger partial charge < -0.3 is 10.6 Å². The first-order valence-corrected chi connectivity index (χ1v) is 3.77. The average Bonchev–Trinajstić information content (AvgIpc) is 1.82. The van der Waals surface area contributed by atoms with Crippen molar-refractivity contribution in [1.82, 2.24) is 4.90 Å². The van der Waals surface area contributed by atoms with Crippen molar-refractivity contribution < 1.29 is 4.79 Å². The normalized spacial score (nSPS) is 14.4. The van der Waals surface area contributed by atoms with E-state index in [2.05, 4.69) is 0 Å². The van der Waals surface area contributed by atoms with Crippen LogP contribution in [0.25, 0.3) is 0 Å². The molecule has 0 radical (unpaired) electrons. The van der Waals surface area contributed by atoms with Gasteiger partial charge in [0.15, 0.2) is 0 Å². The molecule has 0 unspecified atom stereocenters. The quantitative estimate of drug-likeness (QED) is 0.634. The highest BCUT2D eigenvalue weighted by molar-refractivity contribution is 5.79. The monoisotopic (exact) mass is 158 g/mol. The fourth-order valence-electron chi connectivity index (χ4n) is 0.706. The predicted octanol–water partition coefficient (Wildman–Crippen LogP) is 0.448. The molecule has 66 valence electrons. The van der Waals surface area contributed by atoms with E-state index in [0.717, 1.165) is 0 Å². The highest BCUT2D eigenvalue weighted by Gasteiger charge is 2.28. The summed E-state index contributed by atoms with van der Waals surface area (Å²) in [6.07, 6.45) is 0. The number of carbonyl (C=O) groups is 1. The van der Waals surface area contributed by atoms with Crippen LogP contribution in [-0.2, 0) is 4.79 Å². The van der Waals surface area contributed by atoms with Gasteiger partial charge in [0.2, 0.25) is 5.91 Å². The lowest BCUT2D eigenvalue weighted by atomic mass is 9.89. The first-order chi connectivity index (χ1) is 4.76. The van der Waals surface area contributed by atoms with Crippen LogP contribution in [0.2, 0.25) is 0 Å². The fourth-order valence-corrected chi connectivity index (χ4v) is 0.706. The van der Waals surface area contributed by atoms with E-state index in [9.17, 15) is 4.79 Å². The Kier molecular flexibility index (Phi) is 3.05. The van der Waals surface area contributed by atoms with Gasteiger partial charge in [0.05, 0.1) is 5.92 Å². The number of rotatable bonds is 2. The molecule has 1 amide bonds. The second-order valence-electron chi connectivity index (χ2n) is 3.78. The molecule has 0 saturated heterocycles. The third-order valence-corrected chi connectivity index (χ3v) is 1.93. The molecule has 0 aromatic carbocycles. The van der Waals surface area contributed by atoms with Gasteiger partial charge in [-0.3, -0.25) is 4.79 Å². The molecule has 3 nitrogen and oxygen atoms in total. The molecule has 0 rings (SSSR count). The molecule has 0 aliphatic carbocycles. The molecule has 3 heteroatoms. The minimum atomic E-state index is -0.429. The van der Waals surface area contributed by atoms with E-state index < -0.39 is 5.54 Å². The molecule has 11 heavy (non-hydrogen) atoms. The lowest BCUT2D eigenvalue weighted by Crippen LogP contribution is -2.47. The van der Waals surface area contributed by atoms with Crippen molar-refractivity contribution in [2.45, 2.75) is 26.3 Å². The molecule has 0 aromatic heterocycles. The molecule has 0 fully saturated rings. The maximum absolute atomic E-state index is 11.3. The maximum Gasteiger partial charge on any atom is 0.226 e. The third-order valence-electron chi connectivity index (χ3n) is 1.93. The van der Waals surface area contributed by atoms with Crippen LogP contribution < -0.4 is 5.73 Å². The molecule has 0 heterocycles. The summed E-state index contributed by atoms with van der Waals surface area (Å²) in [6.45, 7) is 5.57. The van der Waals surface area contributed by atoms with Crippen molar-refractivity contribution in [3.8, 4) is 0 Å². The SMILES string of the molecule is C[C@H](C(=O)N(C)C)C(C)(C)N. The molecule has 2 N–H and O–H groups in total. The van der Waals surface area contributed by atoms with Gasteiger partial charge in [0, 0.05) is 19.6 Å². The molecule has 0 aliphatic heterocycles. The van der Waals surface area contributed by atoms with Crippen molar-refractivity contribution >= 4 is 5.91 Å². The van der Waals surface area contributed by atoms with E-state index in [4.69, 9.17) is 5.73 Å². The first-order valence-electron chi connectivity index (χ1n) is 3.77. The molecule has 0 bridgehead atoms. The zero-order chi connectivity index (χ0) is 9.23. The summed E-state index contributed by atoms with van der Waals surface area (Å²) in [4.78, 5) is 12.9. The molecule has 0 saturated carbocycles. The molecular formula is C8H18N2O. The minimum absolute atomic E-state index is 0.0810. The highest BCUT2D eigenvalue weighted by Crippen LogP contribution is 2.14. The number of hydrogen-bond acceptors (Lipinski definition) is 2. The van der Waals surface area contributed by atoms with Crippen molar-refractivity contribution in [3.05, 3.63) is 0 Å². The largest absolute Gasteiger partial charge is 0.349 e. The van der Waals surface area contributed by atoms with Crippen LogP contribution in [-0.4, -0.2) is 30.4 Å². The van der Waals surface area contributed by atoms with Gasteiger partial charge in [-0.05, 0) is 13.8 Å². The second-order valence-corrected chi connectivity index (χ2v) is 3.78. The Morgan fingerprint density at radius 1 is 1.45 bits per heavy atom. The Balaban J connectivity index is 4.26. The van der Waals surface area contributed by atoms with Gasteiger partial charge in [0.25, 0.3) is 0 Å². The topological polar surface area (TPSA) is 46.3 Å². The van der Waals surface area contributed by atoms with E-state index >= 15 is 0 Å². The number of nitrogens with two attached hydrogens (primary N) is 1. The average molecular weight is 158 g/mol. The van der Waals surface area contributed by atoms with Gasteiger partial charge in [-0.1, -0.05) is 6.92 Å². The number of carbonyl (C=O) groups excluding carboxylic acids is 1. The summed E-state index contributed by atoms with van der Waals surface area (Å²) in [5, 5.41) is 0. The first kappa shape index (κ1) is 10.4. The Morgan fingerprint density at radius 3 is 1.91 bits per heavy atom. The summed E-state index contributed by atoms with van der Waals surface area (Å²) < 4.78 is 0. The lowest BCUT2D eigenvalue weighted by molar-refractivity contribution is -0.134. The molecule has 0 aromatic rings. The van der Waals surface area contributed by atoms with Crippen LogP contribution in [0.5, 0.6) is 0 Å². The smallest absolute Gasteiger partial charge is 0.226 e. The molecule has 1 atom stereocenters. The Hall–Kier alpha value is -0.570. The van der Waals surface area contributed by atoms with Gasteiger partial charge in [-0.25, -0.2) is 0 Å². The Labute approximate surface area is 68.6 Å². The zero-order valence-electron chi connectivity index (χ0n) is 8.01. The van der Waals surface area contributed by atoms with E-state index in [-0.39, 0.29) is 11.8 Å². The summed E-state index contributed by atoms with van der Waals surface area (Å²) >= 11 is 0. The summed E-state index contributed by atoms with van der Waals surface area (Å²) in [6, 6.07) is 0. The van der Waals surface area contributed by atoms with Crippen molar-refractivity contribution in [2.24, 2.45) is 11.7 Å². The number of hydrogen-bond donors (Lipinski definition) is 1. The van der Waals surface area contributed by atoms with E-state index in [1.807, 2.05) is 20.8 Å². The maximum atomic E-state index is 11.3. The van der Waals surface area contributed by atoms with Crippen molar-refractivity contribution in [3.63, 3.8) is 0 Å². The minimum Gasteiger partial charge on any atom is -0.349 e. The number of amides is 1.